The first-order chi connectivity index (χ1) is 16.5. The first-order valence-corrected chi connectivity index (χ1v) is 15.4. The minimum Gasteiger partial charge on any atom is -0.492 e. The molecule has 0 atom stereocenters. The van der Waals surface area contributed by atoms with E-state index in [1.807, 2.05) is 6.92 Å². The van der Waals surface area contributed by atoms with Crippen molar-refractivity contribution in [2.45, 2.75) is 86.5 Å². The third kappa shape index (κ3) is 6.95. The molecule has 194 valence electrons. The van der Waals surface area contributed by atoms with Gasteiger partial charge in [0.25, 0.3) is 0 Å². The molecular formula is C28H41NO4S2. The SMILES string of the molecule is CCc1cc(CCC(=O)c2sc(CC)c3c2CCC(C)(C)C3)cc(C)c1OCCNS(=O)(=O)CC. The van der Waals surface area contributed by atoms with Crippen molar-refractivity contribution in [2.75, 3.05) is 18.9 Å². The molecule has 7 heteroatoms. The summed E-state index contributed by atoms with van der Waals surface area (Å²) in [5, 5.41) is 0. The van der Waals surface area contributed by atoms with Crippen molar-refractivity contribution in [3.63, 3.8) is 0 Å². The summed E-state index contributed by atoms with van der Waals surface area (Å²) < 4.78 is 31.7. The van der Waals surface area contributed by atoms with Crippen LogP contribution in [-0.4, -0.2) is 33.1 Å². The maximum absolute atomic E-state index is 13.3. The number of rotatable bonds is 12. The Kier molecular flexibility index (Phi) is 9.22. The van der Waals surface area contributed by atoms with E-state index in [4.69, 9.17) is 4.74 Å². The van der Waals surface area contributed by atoms with E-state index in [2.05, 4.69) is 44.5 Å². The van der Waals surface area contributed by atoms with Crippen LogP contribution in [-0.2, 0) is 42.1 Å². The second-order valence-electron chi connectivity index (χ2n) is 10.3. The van der Waals surface area contributed by atoms with Gasteiger partial charge in [0.15, 0.2) is 5.78 Å². The zero-order valence-electron chi connectivity index (χ0n) is 22.2. The smallest absolute Gasteiger partial charge is 0.211 e. The maximum Gasteiger partial charge on any atom is 0.211 e. The van der Waals surface area contributed by atoms with Gasteiger partial charge in [-0.3, -0.25) is 4.79 Å². The average molecular weight is 520 g/mol. The number of nitrogens with one attached hydrogen (secondary N) is 1. The summed E-state index contributed by atoms with van der Waals surface area (Å²) in [6.45, 7) is 13.1. The van der Waals surface area contributed by atoms with E-state index in [-0.39, 0.29) is 24.7 Å². The molecule has 0 fully saturated rings. The number of hydrogen-bond donors (Lipinski definition) is 1. The van der Waals surface area contributed by atoms with E-state index in [0.29, 0.717) is 18.3 Å². The molecule has 0 saturated heterocycles. The number of ether oxygens (including phenoxy) is 1. The van der Waals surface area contributed by atoms with Gasteiger partial charge >= 0.3 is 0 Å². The second kappa shape index (κ2) is 11.6. The van der Waals surface area contributed by atoms with E-state index in [9.17, 15) is 13.2 Å². The lowest BCUT2D eigenvalue weighted by atomic mass is 9.74. The fourth-order valence-electron chi connectivity index (χ4n) is 4.93. The van der Waals surface area contributed by atoms with Gasteiger partial charge in [-0.15, -0.1) is 11.3 Å². The lowest BCUT2D eigenvalue weighted by Gasteiger charge is -2.30. The summed E-state index contributed by atoms with van der Waals surface area (Å²) in [4.78, 5) is 15.7. The Hall–Kier alpha value is -1.70. The van der Waals surface area contributed by atoms with Crippen molar-refractivity contribution >= 4 is 27.1 Å². The number of ketones is 1. The summed E-state index contributed by atoms with van der Waals surface area (Å²) in [7, 11) is -3.22. The molecule has 0 radical (unpaired) electrons. The van der Waals surface area contributed by atoms with Crippen LogP contribution in [0, 0.1) is 12.3 Å². The number of fused-ring (bicyclic) bond motifs is 1. The van der Waals surface area contributed by atoms with E-state index < -0.39 is 10.0 Å². The molecule has 0 bridgehead atoms. The molecule has 0 amide bonds. The van der Waals surface area contributed by atoms with Crippen LogP contribution < -0.4 is 9.46 Å². The number of hydrogen-bond acceptors (Lipinski definition) is 5. The predicted molar refractivity (Wildman–Crippen MR) is 146 cm³/mol. The molecular weight excluding hydrogens is 478 g/mol. The largest absolute Gasteiger partial charge is 0.492 e. The Morgan fingerprint density at radius 3 is 2.54 bits per heavy atom. The van der Waals surface area contributed by atoms with Gasteiger partial charge in [0.05, 0.1) is 10.6 Å². The average Bonchev–Trinajstić information content (AvgIpc) is 3.17. The van der Waals surface area contributed by atoms with Crippen LogP contribution in [0.3, 0.4) is 0 Å². The van der Waals surface area contributed by atoms with Gasteiger partial charge in [-0.2, -0.15) is 0 Å². The van der Waals surface area contributed by atoms with E-state index >= 15 is 0 Å². The quantitative estimate of drug-likeness (QED) is 0.283. The Bertz CT molecular complexity index is 1160. The van der Waals surface area contributed by atoms with Crippen molar-refractivity contribution < 1.29 is 17.9 Å². The normalized spacial score (nSPS) is 15.1. The van der Waals surface area contributed by atoms with Crippen LogP contribution in [0.25, 0.3) is 0 Å². The highest BCUT2D eigenvalue weighted by Crippen LogP contribution is 2.42. The highest BCUT2D eigenvalue weighted by molar-refractivity contribution is 7.89. The van der Waals surface area contributed by atoms with Gasteiger partial charge in [0.2, 0.25) is 10.0 Å². The monoisotopic (exact) mass is 519 g/mol. The summed E-state index contributed by atoms with van der Waals surface area (Å²) in [6.07, 6.45) is 6.27. The lowest BCUT2D eigenvalue weighted by molar-refractivity contribution is 0.0985. The van der Waals surface area contributed by atoms with Gasteiger partial charge in [-0.05, 0) is 85.6 Å². The first kappa shape index (κ1) is 27.9. The highest BCUT2D eigenvalue weighted by atomic mass is 32.2. The fraction of sp³-hybridized carbons (Fsp3) is 0.607. The maximum atomic E-state index is 13.3. The van der Waals surface area contributed by atoms with Crippen molar-refractivity contribution in [3.8, 4) is 5.75 Å². The molecule has 35 heavy (non-hydrogen) atoms. The second-order valence-corrected chi connectivity index (χ2v) is 13.5. The molecule has 1 N–H and O–H groups in total. The van der Waals surface area contributed by atoms with Gasteiger partial charge in [0, 0.05) is 17.8 Å². The topological polar surface area (TPSA) is 72.5 Å². The minimum atomic E-state index is -3.22. The number of benzene rings is 1. The van der Waals surface area contributed by atoms with Crippen molar-refractivity contribution in [2.24, 2.45) is 5.41 Å². The van der Waals surface area contributed by atoms with Crippen molar-refractivity contribution in [1.29, 1.82) is 0 Å². The van der Waals surface area contributed by atoms with Crippen LogP contribution in [0.5, 0.6) is 5.75 Å². The van der Waals surface area contributed by atoms with Crippen LogP contribution in [0.2, 0.25) is 0 Å². The molecule has 0 unspecified atom stereocenters. The Balaban J connectivity index is 1.68. The molecule has 0 saturated carbocycles. The molecule has 5 nitrogen and oxygen atoms in total. The number of carbonyl (C=O) groups excluding carboxylic acids is 1. The lowest BCUT2D eigenvalue weighted by Crippen LogP contribution is -2.29. The van der Waals surface area contributed by atoms with Crippen molar-refractivity contribution in [3.05, 3.63) is 49.7 Å². The molecule has 1 aromatic carbocycles. The molecule has 0 aliphatic heterocycles. The van der Waals surface area contributed by atoms with Gasteiger partial charge < -0.3 is 4.74 Å². The molecule has 1 aliphatic carbocycles. The number of sulfonamides is 1. The van der Waals surface area contributed by atoms with Crippen LogP contribution >= 0.6 is 11.3 Å². The van der Waals surface area contributed by atoms with Gasteiger partial charge in [0.1, 0.15) is 12.4 Å². The standard InChI is InChI=1S/C28H41NO4S2/c1-7-21-17-20(16-19(4)26(21)33-15-14-29-35(31,32)9-3)10-11-24(30)27-22-12-13-28(5,6)18-23(22)25(8-2)34-27/h16-17,29H,7-15,18H2,1-6H3. The summed E-state index contributed by atoms with van der Waals surface area (Å²) in [5.74, 6) is 1.15. The van der Waals surface area contributed by atoms with E-state index in [1.165, 1.54) is 16.0 Å². The highest BCUT2D eigenvalue weighted by Gasteiger charge is 2.31. The Morgan fingerprint density at radius 2 is 1.89 bits per heavy atom. The summed E-state index contributed by atoms with van der Waals surface area (Å²) >= 11 is 1.73. The summed E-state index contributed by atoms with van der Waals surface area (Å²) in [5.41, 5.74) is 6.35. The number of aryl methyl sites for hydroxylation is 4. The van der Waals surface area contributed by atoms with Gasteiger partial charge in [-0.1, -0.05) is 39.8 Å². The fourth-order valence-corrected chi connectivity index (χ4v) is 6.80. The summed E-state index contributed by atoms with van der Waals surface area (Å²) in [6, 6.07) is 4.23. The zero-order chi connectivity index (χ0) is 25.8. The molecule has 2 aromatic rings. The number of carbonyl (C=O) groups is 1. The van der Waals surface area contributed by atoms with Crippen molar-refractivity contribution in [1.82, 2.24) is 4.72 Å². The Labute approximate surface area is 215 Å². The minimum absolute atomic E-state index is 0.0612. The molecule has 1 heterocycles. The third-order valence-electron chi connectivity index (χ3n) is 6.97. The third-order valence-corrected chi connectivity index (χ3v) is 9.83. The van der Waals surface area contributed by atoms with Crippen LogP contribution in [0.4, 0.5) is 0 Å². The van der Waals surface area contributed by atoms with Crippen LogP contribution in [0.1, 0.15) is 89.8 Å². The van der Waals surface area contributed by atoms with Gasteiger partial charge in [-0.25, -0.2) is 13.1 Å². The van der Waals surface area contributed by atoms with Crippen LogP contribution in [0.15, 0.2) is 12.1 Å². The molecule has 1 aliphatic rings. The molecule has 3 rings (SSSR count). The first-order valence-electron chi connectivity index (χ1n) is 12.9. The predicted octanol–water partition coefficient (Wildman–Crippen LogP) is 5.83. The Morgan fingerprint density at radius 1 is 1.14 bits per heavy atom. The van der Waals surface area contributed by atoms with E-state index in [0.717, 1.165) is 59.4 Å². The number of Topliss-reactive ketones (excluding diaryl/α,β-unsaturated/α-hetero) is 1. The molecule has 0 spiro atoms. The van der Waals surface area contributed by atoms with E-state index in [1.54, 1.807) is 18.3 Å². The number of thiophene rings is 1. The molecule has 1 aromatic heterocycles. The zero-order valence-corrected chi connectivity index (χ0v) is 23.8.